The first-order chi connectivity index (χ1) is 12.0. The van der Waals surface area contributed by atoms with Crippen LogP contribution in [0.25, 0.3) is 0 Å². The zero-order valence-electron chi connectivity index (χ0n) is 14.2. The van der Waals surface area contributed by atoms with E-state index in [1.54, 1.807) is 28.0 Å². The fourth-order valence-electron chi connectivity index (χ4n) is 3.42. The van der Waals surface area contributed by atoms with E-state index in [0.717, 1.165) is 6.42 Å². The Morgan fingerprint density at radius 1 is 1.20 bits per heavy atom. The molecule has 25 heavy (non-hydrogen) atoms. The van der Waals surface area contributed by atoms with Crippen molar-refractivity contribution in [2.75, 3.05) is 31.6 Å². The highest BCUT2D eigenvalue weighted by Gasteiger charge is 2.29. The number of nitrogens with zero attached hydrogens (tertiary/aromatic N) is 2. The molecule has 0 radical (unpaired) electrons. The molecule has 6 nitrogen and oxygen atoms in total. The third kappa shape index (κ3) is 3.63. The second-order valence-electron chi connectivity index (χ2n) is 6.40. The number of piperidine rings is 1. The number of anilines is 1. The van der Waals surface area contributed by atoms with Gasteiger partial charge in [0.15, 0.2) is 0 Å². The summed E-state index contributed by atoms with van der Waals surface area (Å²) >= 11 is 6.23. The van der Waals surface area contributed by atoms with E-state index in [0.29, 0.717) is 55.2 Å². The number of rotatable bonds is 3. The van der Waals surface area contributed by atoms with Gasteiger partial charge in [0.05, 0.1) is 23.7 Å². The van der Waals surface area contributed by atoms with Gasteiger partial charge in [-0.25, -0.2) is 0 Å². The summed E-state index contributed by atoms with van der Waals surface area (Å²) < 4.78 is 4.77. The van der Waals surface area contributed by atoms with Gasteiger partial charge in [-0.2, -0.15) is 0 Å². The van der Waals surface area contributed by atoms with E-state index in [1.807, 2.05) is 0 Å². The Morgan fingerprint density at radius 2 is 1.92 bits per heavy atom. The molecule has 1 aromatic carbocycles. The van der Waals surface area contributed by atoms with Crippen LogP contribution in [0.5, 0.6) is 0 Å². The van der Waals surface area contributed by atoms with E-state index in [2.05, 4.69) is 0 Å². The van der Waals surface area contributed by atoms with Gasteiger partial charge in [-0.1, -0.05) is 11.6 Å². The van der Waals surface area contributed by atoms with Crippen LogP contribution in [0.4, 0.5) is 5.69 Å². The summed E-state index contributed by atoms with van der Waals surface area (Å²) in [6.07, 6.45) is 2.51. The van der Waals surface area contributed by atoms with Crippen molar-refractivity contribution in [3.63, 3.8) is 0 Å². The van der Waals surface area contributed by atoms with Crippen LogP contribution in [0, 0.1) is 5.92 Å². The maximum absolute atomic E-state index is 12.8. The molecule has 134 valence electrons. The van der Waals surface area contributed by atoms with E-state index in [4.69, 9.17) is 16.3 Å². The standard InChI is InChI=1S/C18H21ClN2O4/c1-25-18(24)12-6-9-20(10-7-12)17(23)13-4-5-14(19)15(11-13)21-8-2-3-16(21)22/h4-5,11-12H,2-3,6-10H2,1H3. The zero-order valence-corrected chi connectivity index (χ0v) is 14.9. The predicted molar refractivity (Wildman–Crippen MR) is 93.7 cm³/mol. The minimum absolute atomic E-state index is 0.0328. The number of esters is 1. The summed E-state index contributed by atoms with van der Waals surface area (Å²) in [6.45, 7) is 1.65. The fraction of sp³-hybridized carbons (Fsp3) is 0.500. The molecule has 2 aliphatic heterocycles. The molecule has 0 aromatic heterocycles. The lowest BCUT2D eigenvalue weighted by atomic mass is 9.96. The van der Waals surface area contributed by atoms with Gasteiger partial charge >= 0.3 is 5.97 Å². The molecule has 7 heteroatoms. The molecule has 3 rings (SSSR count). The van der Waals surface area contributed by atoms with Crippen LogP contribution < -0.4 is 4.90 Å². The Bertz CT molecular complexity index is 698. The van der Waals surface area contributed by atoms with Gasteiger partial charge in [-0.15, -0.1) is 0 Å². The van der Waals surface area contributed by atoms with Gasteiger partial charge in [0.1, 0.15) is 0 Å². The van der Waals surface area contributed by atoms with Crippen molar-refractivity contribution in [3.8, 4) is 0 Å². The minimum Gasteiger partial charge on any atom is -0.469 e. The molecule has 0 N–H and O–H groups in total. The Labute approximate surface area is 151 Å². The molecule has 1 aromatic rings. The largest absolute Gasteiger partial charge is 0.469 e. The first-order valence-electron chi connectivity index (χ1n) is 8.48. The number of ether oxygens (including phenoxy) is 1. The van der Waals surface area contributed by atoms with E-state index >= 15 is 0 Å². The van der Waals surface area contributed by atoms with Crippen LogP contribution in [-0.2, 0) is 14.3 Å². The number of halogens is 1. The van der Waals surface area contributed by atoms with E-state index in [9.17, 15) is 14.4 Å². The number of carbonyl (C=O) groups excluding carboxylic acids is 3. The smallest absolute Gasteiger partial charge is 0.308 e. The minimum atomic E-state index is -0.214. The van der Waals surface area contributed by atoms with Crippen LogP contribution >= 0.6 is 11.6 Å². The Balaban J connectivity index is 1.73. The van der Waals surface area contributed by atoms with Crippen molar-refractivity contribution < 1.29 is 19.1 Å². The Kier molecular flexibility index (Phi) is 5.27. The molecule has 0 bridgehead atoms. The van der Waals surface area contributed by atoms with Crippen molar-refractivity contribution in [2.45, 2.75) is 25.7 Å². The molecule has 2 amide bonds. The molecular formula is C18H21ClN2O4. The normalized spacial score (nSPS) is 18.6. The number of hydrogen-bond donors (Lipinski definition) is 0. The summed E-state index contributed by atoms with van der Waals surface area (Å²) in [5.74, 6) is -0.427. The third-order valence-electron chi connectivity index (χ3n) is 4.87. The van der Waals surface area contributed by atoms with Crippen molar-refractivity contribution in [2.24, 2.45) is 5.92 Å². The number of hydrogen-bond acceptors (Lipinski definition) is 4. The monoisotopic (exact) mass is 364 g/mol. The zero-order chi connectivity index (χ0) is 18.0. The van der Waals surface area contributed by atoms with Gasteiger partial charge in [0, 0.05) is 31.6 Å². The number of methoxy groups -OCH3 is 1. The Hall–Kier alpha value is -2.08. The third-order valence-corrected chi connectivity index (χ3v) is 5.19. The van der Waals surface area contributed by atoms with Gasteiger partial charge in [0.25, 0.3) is 5.91 Å². The lowest BCUT2D eigenvalue weighted by molar-refractivity contribution is -0.146. The SMILES string of the molecule is COC(=O)C1CCN(C(=O)c2ccc(Cl)c(N3CCCC3=O)c2)CC1. The van der Waals surface area contributed by atoms with Crippen LogP contribution in [0.3, 0.4) is 0 Å². The molecule has 2 saturated heterocycles. The van der Waals surface area contributed by atoms with E-state index < -0.39 is 0 Å². The highest BCUT2D eigenvalue weighted by molar-refractivity contribution is 6.34. The topological polar surface area (TPSA) is 66.9 Å². The number of benzene rings is 1. The molecule has 0 aliphatic carbocycles. The molecular weight excluding hydrogens is 344 g/mol. The molecule has 2 heterocycles. The van der Waals surface area contributed by atoms with E-state index in [1.165, 1.54) is 7.11 Å². The summed E-state index contributed by atoms with van der Waals surface area (Å²) in [7, 11) is 1.38. The van der Waals surface area contributed by atoms with Gasteiger partial charge in [-0.3, -0.25) is 14.4 Å². The molecule has 0 saturated carbocycles. The predicted octanol–water partition coefficient (Wildman–Crippen LogP) is 2.49. The highest BCUT2D eigenvalue weighted by atomic mass is 35.5. The average molecular weight is 365 g/mol. The summed E-state index contributed by atoms with van der Waals surface area (Å²) in [5, 5.41) is 0.469. The van der Waals surface area contributed by atoms with Crippen molar-refractivity contribution in [1.82, 2.24) is 4.90 Å². The number of amides is 2. The highest BCUT2D eigenvalue weighted by Crippen LogP contribution is 2.31. The van der Waals surface area contributed by atoms with Crippen LogP contribution in [0.2, 0.25) is 5.02 Å². The quantitative estimate of drug-likeness (QED) is 0.773. The van der Waals surface area contributed by atoms with Crippen LogP contribution in [-0.4, -0.2) is 49.4 Å². The maximum Gasteiger partial charge on any atom is 0.308 e. The summed E-state index contributed by atoms with van der Waals surface area (Å²) in [5.41, 5.74) is 1.11. The number of likely N-dealkylation sites (tertiary alicyclic amines) is 1. The second kappa shape index (κ2) is 7.44. The molecule has 2 fully saturated rings. The molecule has 0 spiro atoms. The van der Waals surface area contributed by atoms with Gasteiger partial charge in [-0.05, 0) is 37.5 Å². The number of carbonyl (C=O) groups is 3. The van der Waals surface area contributed by atoms with Crippen LogP contribution in [0.1, 0.15) is 36.0 Å². The van der Waals surface area contributed by atoms with Crippen LogP contribution in [0.15, 0.2) is 18.2 Å². The van der Waals surface area contributed by atoms with Crippen molar-refractivity contribution in [1.29, 1.82) is 0 Å². The summed E-state index contributed by atoms with van der Waals surface area (Å²) in [6, 6.07) is 5.04. The second-order valence-corrected chi connectivity index (χ2v) is 6.81. The van der Waals surface area contributed by atoms with Gasteiger partial charge in [0.2, 0.25) is 5.91 Å². The van der Waals surface area contributed by atoms with Crippen molar-refractivity contribution >= 4 is 35.1 Å². The van der Waals surface area contributed by atoms with Gasteiger partial charge < -0.3 is 14.5 Å². The lowest BCUT2D eigenvalue weighted by Crippen LogP contribution is -2.40. The Morgan fingerprint density at radius 3 is 2.52 bits per heavy atom. The summed E-state index contributed by atoms with van der Waals surface area (Å²) in [4.78, 5) is 39.7. The maximum atomic E-state index is 12.8. The molecule has 0 atom stereocenters. The van der Waals surface area contributed by atoms with Crippen molar-refractivity contribution in [3.05, 3.63) is 28.8 Å². The fourth-order valence-corrected chi connectivity index (χ4v) is 3.64. The first-order valence-corrected chi connectivity index (χ1v) is 8.86. The molecule has 2 aliphatic rings. The average Bonchev–Trinajstić information content (AvgIpc) is 3.07. The molecule has 0 unspecified atom stereocenters. The lowest BCUT2D eigenvalue weighted by Gasteiger charge is -2.31. The van der Waals surface area contributed by atoms with E-state index in [-0.39, 0.29) is 23.7 Å². The first kappa shape index (κ1) is 17.7.